The van der Waals surface area contributed by atoms with E-state index in [0.717, 1.165) is 27.2 Å². The topological polar surface area (TPSA) is 87.8 Å². The number of aromatic nitrogens is 3. The Bertz CT molecular complexity index is 1450. The smallest absolute Gasteiger partial charge is 0.340 e. The largest absolute Gasteiger partial charge is 0.462 e. The predicted molar refractivity (Wildman–Crippen MR) is 119 cm³/mol. The number of fused-ring (bicyclic) bond motifs is 3. The van der Waals surface area contributed by atoms with E-state index in [1.165, 1.54) is 6.20 Å². The number of esters is 1. The average molecular weight is 415 g/mol. The molecule has 5 aromatic rings. The van der Waals surface area contributed by atoms with E-state index < -0.39 is 5.97 Å². The van der Waals surface area contributed by atoms with E-state index in [9.17, 15) is 9.59 Å². The second kappa shape index (κ2) is 7.27. The molecule has 0 saturated carbocycles. The lowest BCUT2D eigenvalue weighted by Crippen LogP contribution is -2.08. The third-order valence-electron chi connectivity index (χ3n) is 4.96. The van der Waals surface area contributed by atoms with Crippen LogP contribution < -0.4 is 5.56 Å². The van der Waals surface area contributed by atoms with Gasteiger partial charge in [0.15, 0.2) is 0 Å². The summed E-state index contributed by atoms with van der Waals surface area (Å²) in [6.45, 7) is 2.02. The minimum absolute atomic E-state index is 0.263. The van der Waals surface area contributed by atoms with Crippen LogP contribution in [0.2, 0.25) is 0 Å². The minimum Gasteiger partial charge on any atom is -0.462 e. The molecule has 2 N–H and O–H groups in total. The van der Waals surface area contributed by atoms with E-state index in [4.69, 9.17) is 9.72 Å². The summed E-state index contributed by atoms with van der Waals surface area (Å²) in [5, 5.41) is 4.27. The first-order valence-electron chi connectivity index (χ1n) is 9.51. The summed E-state index contributed by atoms with van der Waals surface area (Å²) in [5.74, 6) is -0.457. The molecule has 2 aromatic carbocycles. The lowest BCUT2D eigenvalue weighted by molar-refractivity contribution is 0.0529. The first-order valence-corrected chi connectivity index (χ1v) is 10.4. The van der Waals surface area contributed by atoms with Gasteiger partial charge >= 0.3 is 5.97 Å². The van der Waals surface area contributed by atoms with Gasteiger partial charge in [0.05, 0.1) is 17.9 Å². The van der Waals surface area contributed by atoms with Crippen molar-refractivity contribution >= 4 is 39.1 Å². The number of carbonyl (C=O) groups excluding carboxylic acids is 1. The predicted octanol–water partition coefficient (Wildman–Crippen LogP) is 4.98. The highest BCUT2D eigenvalue weighted by atomic mass is 32.1. The maximum atomic E-state index is 12.5. The number of nitrogens with zero attached hydrogens (tertiary/aromatic N) is 1. The van der Waals surface area contributed by atoms with E-state index in [-0.39, 0.29) is 12.2 Å². The van der Waals surface area contributed by atoms with Crippen molar-refractivity contribution in [2.24, 2.45) is 0 Å². The standard InChI is InChI=1S/C23H17N3O3S/c1-2-29-23(28)16-11-24-20-19(16)15-10-14(8-9-17(15)25-21(20)27)18-12-30-22(26-18)13-6-4-3-5-7-13/h3-12,24H,2H2,1H3,(H,25,27). The SMILES string of the molecule is CCOC(=O)c1c[nH]c2c(=O)[nH]c3ccc(-c4csc(-c5ccccc5)n4)cc3c12. The summed E-state index contributed by atoms with van der Waals surface area (Å²) >= 11 is 1.58. The molecule has 0 saturated heterocycles. The molecule has 0 bridgehead atoms. The average Bonchev–Trinajstić information content (AvgIpc) is 3.43. The van der Waals surface area contributed by atoms with E-state index in [1.807, 2.05) is 53.9 Å². The fraction of sp³-hybridized carbons (Fsp3) is 0.0870. The van der Waals surface area contributed by atoms with Crippen LogP contribution in [0.4, 0.5) is 0 Å². The third kappa shape index (κ3) is 3.00. The fourth-order valence-corrected chi connectivity index (χ4v) is 4.41. The number of carbonyl (C=O) groups is 1. The number of pyridine rings is 1. The first kappa shape index (κ1) is 18.3. The maximum Gasteiger partial charge on any atom is 0.340 e. The Morgan fingerprint density at radius 2 is 1.97 bits per heavy atom. The molecule has 148 valence electrons. The summed E-state index contributed by atoms with van der Waals surface area (Å²) < 4.78 is 5.17. The molecular formula is C23H17N3O3S. The van der Waals surface area contributed by atoms with Gasteiger partial charge in [0.2, 0.25) is 0 Å². The fourth-order valence-electron chi connectivity index (χ4n) is 3.58. The van der Waals surface area contributed by atoms with E-state index in [0.29, 0.717) is 22.0 Å². The summed E-state index contributed by atoms with van der Waals surface area (Å²) in [7, 11) is 0. The highest BCUT2D eigenvalue weighted by Gasteiger charge is 2.18. The van der Waals surface area contributed by atoms with Crippen LogP contribution in [0, 0.1) is 0 Å². The van der Waals surface area contributed by atoms with E-state index in [1.54, 1.807) is 18.3 Å². The Kier molecular flexibility index (Phi) is 4.44. The highest BCUT2D eigenvalue weighted by Crippen LogP contribution is 2.32. The number of thiazole rings is 1. The van der Waals surface area contributed by atoms with Gasteiger partial charge in [-0.2, -0.15) is 0 Å². The third-order valence-corrected chi connectivity index (χ3v) is 5.85. The lowest BCUT2D eigenvalue weighted by atomic mass is 10.0. The Labute approximate surface area is 175 Å². The molecule has 0 unspecified atom stereocenters. The van der Waals surface area contributed by atoms with Crippen molar-refractivity contribution < 1.29 is 9.53 Å². The highest BCUT2D eigenvalue weighted by molar-refractivity contribution is 7.13. The van der Waals surface area contributed by atoms with Crippen LogP contribution in [0.15, 0.2) is 64.9 Å². The summed E-state index contributed by atoms with van der Waals surface area (Å²) in [4.78, 5) is 35.4. The van der Waals surface area contributed by atoms with Crippen LogP contribution in [-0.2, 0) is 4.74 Å². The van der Waals surface area contributed by atoms with Gasteiger partial charge in [0.1, 0.15) is 10.5 Å². The Morgan fingerprint density at radius 1 is 1.13 bits per heavy atom. The monoisotopic (exact) mass is 415 g/mol. The molecule has 0 spiro atoms. The second-order valence-electron chi connectivity index (χ2n) is 6.79. The normalized spacial score (nSPS) is 11.2. The van der Waals surface area contributed by atoms with Gasteiger partial charge < -0.3 is 14.7 Å². The van der Waals surface area contributed by atoms with Gasteiger partial charge in [-0.05, 0) is 19.1 Å². The van der Waals surface area contributed by atoms with Gasteiger partial charge in [-0.15, -0.1) is 11.3 Å². The van der Waals surface area contributed by atoms with Crippen LogP contribution in [0.5, 0.6) is 0 Å². The second-order valence-corrected chi connectivity index (χ2v) is 7.65. The number of rotatable bonds is 4. The summed E-state index contributed by atoms with van der Waals surface area (Å²) in [5.41, 5.74) is 3.89. The first-order chi connectivity index (χ1) is 14.7. The van der Waals surface area contributed by atoms with Crippen LogP contribution in [-0.4, -0.2) is 27.5 Å². The van der Waals surface area contributed by atoms with Crippen molar-refractivity contribution in [3.05, 3.63) is 76.0 Å². The van der Waals surface area contributed by atoms with Gasteiger partial charge in [0.25, 0.3) is 5.56 Å². The van der Waals surface area contributed by atoms with Gasteiger partial charge in [0, 0.05) is 39.0 Å². The van der Waals surface area contributed by atoms with Crippen LogP contribution >= 0.6 is 11.3 Å². The van der Waals surface area contributed by atoms with Crippen LogP contribution in [0.25, 0.3) is 43.6 Å². The molecule has 0 amide bonds. The zero-order valence-corrected chi connectivity index (χ0v) is 16.9. The molecule has 3 aromatic heterocycles. The van der Waals surface area contributed by atoms with Gasteiger partial charge in [-0.25, -0.2) is 9.78 Å². The summed E-state index contributed by atoms with van der Waals surface area (Å²) in [6, 6.07) is 15.7. The van der Waals surface area contributed by atoms with E-state index in [2.05, 4.69) is 9.97 Å². The number of ether oxygens (including phenoxy) is 1. The molecule has 0 fully saturated rings. The summed E-state index contributed by atoms with van der Waals surface area (Å²) in [6.07, 6.45) is 1.53. The van der Waals surface area contributed by atoms with Gasteiger partial charge in [-0.3, -0.25) is 4.79 Å². The molecule has 7 heteroatoms. The number of benzene rings is 2. The molecule has 0 radical (unpaired) electrons. The molecular weight excluding hydrogens is 398 g/mol. The molecule has 3 heterocycles. The minimum atomic E-state index is -0.457. The van der Waals surface area contributed by atoms with Crippen molar-refractivity contribution in [3.8, 4) is 21.8 Å². The van der Waals surface area contributed by atoms with E-state index >= 15 is 0 Å². The number of nitrogens with one attached hydrogen (secondary N) is 2. The number of H-pyrrole nitrogens is 2. The van der Waals surface area contributed by atoms with Gasteiger partial charge in [-0.1, -0.05) is 36.4 Å². The molecule has 0 aliphatic carbocycles. The lowest BCUT2D eigenvalue weighted by Gasteiger charge is -2.05. The van der Waals surface area contributed by atoms with Crippen LogP contribution in [0.1, 0.15) is 17.3 Å². The zero-order valence-electron chi connectivity index (χ0n) is 16.1. The van der Waals surface area contributed by atoms with Crippen molar-refractivity contribution in [2.45, 2.75) is 6.92 Å². The molecule has 0 aliphatic rings. The zero-order chi connectivity index (χ0) is 20.7. The molecule has 30 heavy (non-hydrogen) atoms. The number of hydrogen-bond acceptors (Lipinski definition) is 5. The quantitative estimate of drug-likeness (QED) is 0.405. The van der Waals surface area contributed by atoms with Crippen molar-refractivity contribution in [1.82, 2.24) is 15.0 Å². The molecule has 0 atom stereocenters. The Hall–Kier alpha value is -3.71. The molecule has 5 rings (SSSR count). The maximum absolute atomic E-state index is 12.5. The van der Waals surface area contributed by atoms with Crippen molar-refractivity contribution in [1.29, 1.82) is 0 Å². The Morgan fingerprint density at radius 3 is 2.77 bits per heavy atom. The molecule has 0 aliphatic heterocycles. The Balaban J connectivity index is 1.69. The number of hydrogen-bond donors (Lipinski definition) is 2. The van der Waals surface area contributed by atoms with Crippen molar-refractivity contribution in [3.63, 3.8) is 0 Å². The van der Waals surface area contributed by atoms with Crippen LogP contribution in [0.3, 0.4) is 0 Å². The number of aromatic amines is 2. The van der Waals surface area contributed by atoms with Crippen molar-refractivity contribution in [2.75, 3.05) is 6.61 Å². The molecule has 6 nitrogen and oxygen atoms in total.